The Morgan fingerprint density at radius 3 is 1.93 bits per heavy atom. The van der Waals surface area contributed by atoms with Crippen molar-refractivity contribution >= 4 is 32.3 Å². The van der Waals surface area contributed by atoms with Crippen LogP contribution in [0.3, 0.4) is 0 Å². The number of benzene rings is 3. The number of rotatable bonds is 4. The number of hydrogen-bond donors (Lipinski definition) is 2. The van der Waals surface area contributed by atoms with E-state index in [1.54, 1.807) is 6.07 Å². The molecule has 7 aromatic rings. The van der Waals surface area contributed by atoms with Gasteiger partial charge in [-0.3, -0.25) is 29.1 Å². The van der Waals surface area contributed by atoms with Gasteiger partial charge in [0.05, 0.1) is 5.39 Å². The van der Waals surface area contributed by atoms with E-state index in [1.165, 1.54) is 17.7 Å². The van der Waals surface area contributed by atoms with E-state index in [4.69, 9.17) is 0 Å². The van der Waals surface area contributed by atoms with Gasteiger partial charge in [0.25, 0.3) is 22.2 Å². The highest BCUT2D eigenvalue weighted by Crippen LogP contribution is 2.35. The van der Waals surface area contributed by atoms with Gasteiger partial charge in [-0.25, -0.2) is 0 Å². The van der Waals surface area contributed by atoms with Crippen LogP contribution in [0.4, 0.5) is 0 Å². The fourth-order valence-corrected chi connectivity index (χ4v) is 4.29. The number of aromatic nitrogens is 2. The molecule has 2 N–H and O–H groups in total. The van der Waals surface area contributed by atoms with E-state index in [9.17, 15) is 19.2 Å². The van der Waals surface area contributed by atoms with Crippen LogP contribution >= 0.6 is 0 Å². The molecule has 0 fully saturated rings. The average Bonchev–Trinajstić information content (AvgIpc) is 3.06. The normalized spacial score (nSPS) is 11.8. The van der Waals surface area contributed by atoms with Crippen LogP contribution < -0.4 is 22.2 Å². The Kier molecular flexibility index (Phi) is 4.03. The Hall–Kier alpha value is -3.80. The van der Waals surface area contributed by atoms with Crippen molar-refractivity contribution in [2.45, 2.75) is 26.2 Å². The molecule has 7 rings (SSSR count). The molecule has 0 aliphatic rings. The Labute approximate surface area is 169 Å². The molecule has 0 saturated carbocycles. The topological polar surface area (TPSA) is 99.9 Å². The predicted molar refractivity (Wildman–Crippen MR) is 119 cm³/mol. The van der Waals surface area contributed by atoms with Gasteiger partial charge in [0.15, 0.2) is 0 Å². The average molecular weight is 398 g/mol. The van der Waals surface area contributed by atoms with Gasteiger partial charge in [-0.15, -0.1) is 0 Å². The summed E-state index contributed by atoms with van der Waals surface area (Å²) in [5, 5.41) is 1.57. The molecule has 6 nitrogen and oxygen atoms in total. The molecule has 0 atom stereocenters. The Bertz CT molecular complexity index is 1650. The van der Waals surface area contributed by atoms with E-state index in [0.29, 0.717) is 16.3 Å². The highest BCUT2D eigenvalue weighted by atomic mass is 16.2. The van der Waals surface area contributed by atoms with Crippen LogP contribution in [0.5, 0.6) is 0 Å². The molecule has 4 bridgehead atoms. The molecule has 0 radical (unpaired) electrons. The smallest absolute Gasteiger partial charge is 0.259 e. The van der Waals surface area contributed by atoms with Crippen LogP contribution in [0.15, 0.2) is 61.6 Å². The molecule has 0 aliphatic carbocycles. The maximum atomic E-state index is 13.0. The standard InChI is InChI=1S/C24H18N2O4/c1-2-3-4-12-5-7-13(8-6-12)16-11-17-18-14-9-10-15(22(28)25-21(14)27)19(18)20(16)24(30)26-23(17)29/h5-11H,2-4H2,1H3,(H,25,27,28)(H,26,29,30). The Balaban J connectivity index is 1.96. The lowest BCUT2D eigenvalue weighted by Crippen LogP contribution is -2.14. The van der Waals surface area contributed by atoms with Crippen LogP contribution in [0, 0.1) is 0 Å². The number of fused-ring (bicyclic) bond motifs is 6. The molecule has 4 heterocycles. The van der Waals surface area contributed by atoms with Crippen molar-refractivity contribution in [2.75, 3.05) is 0 Å². The molecule has 0 unspecified atom stereocenters. The molecule has 148 valence electrons. The van der Waals surface area contributed by atoms with Crippen LogP contribution in [-0.4, -0.2) is 9.97 Å². The van der Waals surface area contributed by atoms with Crippen LogP contribution in [0.2, 0.25) is 0 Å². The number of unbranched alkanes of at least 4 members (excludes halogenated alkanes) is 1. The van der Waals surface area contributed by atoms with Crippen molar-refractivity contribution in [1.29, 1.82) is 0 Å². The van der Waals surface area contributed by atoms with Crippen molar-refractivity contribution in [3.05, 3.63) is 89.4 Å². The summed E-state index contributed by atoms with van der Waals surface area (Å²) in [5.41, 5.74) is 0.245. The quantitative estimate of drug-likeness (QED) is 0.486. The van der Waals surface area contributed by atoms with E-state index < -0.39 is 22.2 Å². The van der Waals surface area contributed by atoms with Crippen LogP contribution in [-0.2, 0) is 6.42 Å². The minimum Gasteiger partial charge on any atom is -0.288 e. The van der Waals surface area contributed by atoms with Gasteiger partial charge >= 0.3 is 0 Å². The van der Waals surface area contributed by atoms with Gasteiger partial charge in [0.2, 0.25) is 0 Å². The van der Waals surface area contributed by atoms with Crippen molar-refractivity contribution in [3.63, 3.8) is 0 Å². The molecule has 30 heavy (non-hydrogen) atoms. The monoisotopic (exact) mass is 398 g/mol. The van der Waals surface area contributed by atoms with Crippen molar-refractivity contribution in [2.24, 2.45) is 0 Å². The van der Waals surface area contributed by atoms with Crippen molar-refractivity contribution in [1.82, 2.24) is 9.97 Å². The summed E-state index contributed by atoms with van der Waals surface area (Å²) in [6, 6.07) is 12.6. The fraction of sp³-hybridized carbons (Fsp3) is 0.167. The first kappa shape index (κ1) is 18.2. The molecule has 3 aromatic carbocycles. The fourth-order valence-electron chi connectivity index (χ4n) is 4.29. The largest absolute Gasteiger partial charge is 0.288 e. The summed E-state index contributed by atoms with van der Waals surface area (Å²) in [6.07, 6.45) is 3.17. The first-order valence-corrected chi connectivity index (χ1v) is 9.94. The van der Waals surface area contributed by atoms with Crippen LogP contribution in [0.25, 0.3) is 43.4 Å². The van der Waals surface area contributed by atoms with Gasteiger partial charge in [0, 0.05) is 26.9 Å². The second-order valence-electron chi connectivity index (χ2n) is 7.62. The molecule has 0 aliphatic heterocycles. The summed E-state index contributed by atoms with van der Waals surface area (Å²) >= 11 is 0. The summed E-state index contributed by atoms with van der Waals surface area (Å²) in [7, 11) is 0. The highest BCUT2D eigenvalue weighted by Gasteiger charge is 2.20. The lowest BCUT2D eigenvalue weighted by Gasteiger charge is -2.09. The Morgan fingerprint density at radius 2 is 1.27 bits per heavy atom. The van der Waals surface area contributed by atoms with Gasteiger partial charge < -0.3 is 0 Å². The lowest BCUT2D eigenvalue weighted by molar-refractivity contribution is 0.795. The maximum absolute atomic E-state index is 13.0. The molecular weight excluding hydrogens is 380 g/mol. The molecule has 0 spiro atoms. The summed E-state index contributed by atoms with van der Waals surface area (Å²) in [5.74, 6) is 0. The van der Waals surface area contributed by atoms with E-state index in [-0.39, 0.29) is 21.5 Å². The maximum Gasteiger partial charge on any atom is 0.259 e. The summed E-state index contributed by atoms with van der Waals surface area (Å²) in [6.45, 7) is 2.14. The number of aromatic amines is 2. The number of H-pyrrole nitrogens is 2. The molecule has 0 saturated heterocycles. The second-order valence-corrected chi connectivity index (χ2v) is 7.62. The number of hydrogen-bond acceptors (Lipinski definition) is 4. The first-order chi connectivity index (χ1) is 14.5. The summed E-state index contributed by atoms with van der Waals surface area (Å²) in [4.78, 5) is 55.4. The number of aryl methyl sites for hydroxylation is 1. The minimum atomic E-state index is -0.577. The third kappa shape index (κ3) is 2.57. The SMILES string of the molecule is CCCCc1ccc(-c2cc3c(=O)[nH]c(=O)c2c2c4ccc(c(=O)[nH]c4=O)c32)cc1. The van der Waals surface area contributed by atoms with E-state index in [1.807, 2.05) is 24.3 Å². The van der Waals surface area contributed by atoms with Crippen LogP contribution in [0.1, 0.15) is 25.3 Å². The zero-order valence-corrected chi connectivity index (χ0v) is 16.3. The summed E-state index contributed by atoms with van der Waals surface area (Å²) < 4.78 is 0. The minimum absolute atomic E-state index is 0.210. The third-order valence-corrected chi connectivity index (χ3v) is 5.78. The van der Waals surface area contributed by atoms with Gasteiger partial charge in [0.1, 0.15) is 0 Å². The van der Waals surface area contributed by atoms with E-state index in [0.717, 1.165) is 24.8 Å². The Morgan fingerprint density at radius 1 is 0.667 bits per heavy atom. The lowest BCUT2D eigenvalue weighted by atomic mass is 9.92. The zero-order valence-electron chi connectivity index (χ0n) is 16.3. The molecular formula is C24H18N2O4. The third-order valence-electron chi connectivity index (χ3n) is 5.78. The first-order valence-electron chi connectivity index (χ1n) is 9.94. The molecule has 4 aromatic heterocycles. The second kappa shape index (κ2) is 6.62. The highest BCUT2D eigenvalue weighted by molar-refractivity contribution is 6.25. The van der Waals surface area contributed by atoms with Gasteiger partial charge in [-0.2, -0.15) is 0 Å². The molecule has 6 heteroatoms. The predicted octanol–water partition coefficient (Wildman–Crippen LogP) is 3.13. The van der Waals surface area contributed by atoms with E-state index in [2.05, 4.69) is 16.9 Å². The molecule has 0 amide bonds. The number of nitrogens with one attached hydrogen (secondary N) is 2. The zero-order chi connectivity index (χ0) is 21.0. The van der Waals surface area contributed by atoms with Crippen molar-refractivity contribution < 1.29 is 0 Å². The van der Waals surface area contributed by atoms with Gasteiger partial charge in [-0.1, -0.05) is 37.6 Å². The van der Waals surface area contributed by atoms with E-state index >= 15 is 0 Å². The van der Waals surface area contributed by atoms with Crippen molar-refractivity contribution in [3.8, 4) is 11.1 Å². The van der Waals surface area contributed by atoms with Gasteiger partial charge in [-0.05, 0) is 47.7 Å².